The van der Waals surface area contributed by atoms with Gasteiger partial charge in [0, 0.05) is 25.7 Å². The highest BCUT2D eigenvalue weighted by molar-refractivity contribution is 5.29. The molecule has 1 aromatic carbocycles. The molecule has 1 aromatic rings. The lowest BCUT2D eigenvalue weighted by Crippen LogP contribution is -2.51. The molecule has 1 atom stereocenters. The Balaban J connectivity index is 1.84. The number of aryl methyl sites for hydroxylation is 1. The minimum absolute atomic E-state index is 0.139. The van der Waals surface area contributed by atoms with Crippen LogP contribution in [0.3, 0.4) is 0 Å². The first-order valence-corrected chi connectivity index (χ1v) is 7.61. The van der Waals surface area contributed by atoms with E-state index in [0.717, 1.165) is 44.8 Å². The summed E-state index contributed by atoms with van der Waals surface area (Å²) in [4.78, 5) is 0. The third kappa shape index (κ3) is 2.87. The average Bonchev–Trinajstić information content (AvgIpc) is 2.48. The summed E-state index contributed by atoms with van der Waals surface area (Å²) in [6.45, 7) is 6.68. The molecule has 0 N–H and O–H groups in total. The van der Waals surface area contributed by atoms with Crippen molar-refractivity contribution in [2.75, 3.05) is 32.8 Å². The maximum absolute atomic E-state index is 13.3. The molecule has 3 rings (SSSR count). The molecule has 0 aromatic heterocycles. The van der Waals surface area contributed by atoms with E-state index in [1.54, 1.807) is 12.1 Å². The van der Waals surface area contributed by atoms with Gasteiger partial charge < -0.3 is 4.74 Å². The topological polar surface area (TPSA) is 15.7 Å². The maximum Gasteiger partial charge on any atom is 0.123 e. The van der Waals surface area contributed by atoms with Crippen molar-refractivity contribution in [1.29, 1.82) is 0 Å². The van der Waals surface area contributed by atoms with Crippen LogP contribution in [0.4, 0.5) is 4.39 Å². The van der Waals surface area contributed by atoms with Gasteiger partial charge in [-0.3, -0.25) is 0 Å². The highest BCUT2D eigenvalue weighted by atomic mass is 19.1. The lowest BCUT2D eigenvalue weighted by molar-refractivity contribution is -0.125. The number of halogens is 1. The van der Waals surface area contributed by atoms with E-state index in [2.05, 4.69) is 10.0 Å². The van der Waals surface area contributed by atoms with Crippen molar-refractivity contribution in [2.45, 2.75) is 32.2 Å². The zero-order valence-corrected chi connectivity index (χ0v) is 12.1. The summed E-state index contributed by atoms with van der Waals surface area (Å²) >= 11 is 0. The van der Waals surface area contributed by atoms with E-state index >= 15 is 0 Å². The Bertz CT molecular complexity index is 460. The van der Waals surface area contributed by atoms with E-state index in [-0.39, 0.29) is 5.82 Å². The average molecular weight is 278 g/mol. The van der Waals surface area contributed by atoms with Crippen LogP contribution >= 0.6 is 0 Å². The molecule has 1 unspecified atom stereocenters. The van der Waals surface area contributed by atoms with Crippen LogP contribution in [-0.2, 0) is 4.74 Å². The van der Waals surface area contributed by atoms with Gasteiger partial charge in [0.25, 0.3) is 0 Å². The van der Waals surface area contributed by atoms with Crippen molar-refractivity contribution < 1.29 is 9.13 Å². The molecule has 2 aliphatic heterocycles. The molecule has 0 saturated carbocycles. The molecule has 3 nitrogen and oxygen atoms in total. The molecule has 2 heterocycles. The van der Waals surface area contributed by atoms with Crippen LogP contribution in [0.2, 0.25) is 0 Å². The Morgan fingerprint density at radius 3 is 2.70 bits per heavy atom. The minimum Gasteiger partial charge on any atom is -0.379 e. The largest absolute Gasteiger partial charge is 0.379 e. The van der Waals surface area contributed by atoms with Crippen LogP contribution in [0.25, 0.3) is 0 Å². The van der Waals surface area contributed by atoms with Gasteiger partial charge in [0.15, 0.2) is 0 Å². The molecule has 0 bridgehead atoms. The van der Waals surface area contributed by atoms with Gasteiger partial charge >= 0.3 is 0 Å². The summed E-state index contributed by atoms with van der Waals surface area (Å²) in [6.07, 6.45) is 3.65. The van der Waals surface area contributed by atoms with Gasteiger partial charge in [0.1, 0.15) is 5.82 Å². The zero-order chi connectivity index (χ0) is 13.9. The third-order valence-corrected chi connectivity index (χ3v) is 4.42. The summed E-state index contributed by atoms with van der Waals surface area (Å²) in [5, 5.41) is 4.92. The molecule has 0 spiro atoms. The highest BCUT2D eigenvalue weighted by Gasteiger charge is 2.30. The van der Waals surface area contributed by atoms with Crippen LogP contribution in [-0.4, -0.2) is 42.9 Å². The number of rotatable bonds is 2. The molecule has 2 aliphatic rings. The molecule has 2 fully saturated rings. The molecule has 2 saturated heterocycles. The Morgan fingerprint density at radius 2 is 1.95 bits per heavy atom. The summed E-state index contributed by atoms with van der Waals surface area (Å²) in [5.74, 6) is -0.139. The van der Waals surface area contributed by atoms with Gasteiger partial charge in [-0.25, -0.2) is 14.4 Å². The molecule has 0 radical (unpaired) electrons. The normalized spacial score (nSPS) is 25.8. The fourth-order valence-corrected chi connectivity index (χ4v) is 3.39. The second-order valence-electron chi connectivity index (χ2n) is 5.74. The smallest absolute Gasteiger partial charge is 0.123 e. The molecule has 4 heteroatoms. The summed E-state index contributed by atoms with van der Waals surface area (Å²) in [6, 6.07) is 5.60. The lowest BCUT2D eigenvalue weighted by atomic mass is 9.93. The summed E-state index contributed by atoms with van der Waals surface area (Å²) < 4.78 is 18.8. The number of ether oxygens (including phenoxy) is 1. The van der Waals surface area contributed by atoms with Crippen molar-refractivity contribution in [1.82, 2.24) is 10.0 Å². The van der Waals surface area contributed by atoms with Crippen molar-refractivity contribution in [3.8, 4) is 0 Å². The molecule has 20 heavy (non-hydrogen) atoms. The standard InChI is InChI=1S/C16H23FN2O/c1-13-12-14(17)5-6-15(13)16-4-2-3-7-19(16)18-8-10-20-11-9-18/h5-6,12,16H,2-4,7-11H2,1H3. The number of benzene rings is 1. The number of hydrogen-bond acceptors (Lipinski definition) is 3. The van der Waals surface area contributed by atoms with E-state index < -0.39 is 0 Å². The van der Waals surface area contributed by atoms with Gasteiger partial charge in [-0.2, -0.15) is 0 Å². The van der Waals surface area contributed by atoms with E-state index in [1.807, 2.05) is 13.0 Å². The quantitative estimate of drug-likeness (QED) is 0.827. The van der Waals surface area contributed by atoms with E-state index in [0.29, 0.717) is 6.04 Å². The second kappa shape index (κ2) is 6.20. The van der Waals surface area contributed by atoms with Crippen molar-refractivity contribution in [3.63, 3.8) is 0 Å². The Morgan fingerprint density at radius 1 is 1.15 bits per heavy atom. The van der Waals surface area contributed by atoms with Gasteiger partial charge in [-0.15, -0.1) is 0 Å². The predicted molar refractivity (Wildman–Crippen MR) is 76.8 cm³/mol. The Labute approximate surface area is 120 Å². The van der Waals surface area contributed by atoms with E-state index in [1.165, 1.54) is 18.4 Å². The fourth-order valence-electron chi connectivity index (χ4n) is 3.39. The Hall–Kier alpha value is -0.970. The van der Waals surface area contributed by atoms with E-state index in [4.69, 9.17) is 4.74 Å². The predicted octanol–water partition coefficient (Wildman–Crippen LogP) is 2.91. The number of hydrogen-bond donors (Lipinski definition) is 0. The van der Waals surface area contributed by atoms with Crippen LogP contribution in [0.5, 0.6) is 0 Å². The first-order valence-electron chi connectivity index (χ1n) is 7.61. The van der Waals surface area contributed by atoms with E-state index in [9.17, 15) is 4.39 Å². The molecular weight excluding hydrogens is 255 g/mol. The Kier molecular flexibility index (Phi) is 4.34. The van der Waals surface area contributed by atoms with Gasteiger partial charge in [-0.1, -0.05) is 12.5 Å². The number of morpholine rings is 1. The van der Waals surface area contributed by atoms with Crippen molar-refractivity contribution in [3.05, 3.63) is 35.1 Å². The molecule has 110 valence electrons. The second-order valence-corrected chi connectivity index (χ2v) is 5.74. The van der Waals surface area contributed by atoms with Gasteiger partial charge in [-0.05, 0) is 43.0 Å². The first kappa shape index (κ1) is 14.0. The van der Waals surface area contributed by atoms with Crippen molar-refractivity contribution >= 4 is 0 Å². The molecular formula is C16H23FN2O. The van der Waals surface area contributed by atoms with Gasteiger partial charge in [0.2, 0.25) is 0 Å². The highest BCUT2D eigenvalue weighted by Crippen LogP contribution is 2.34. The van der Waals surface area contributed by atoms with Crippen LogP contribution in [0, 0.1) is 12.7 Å². The SMILES string of the molecule is Cc1cc(F)ccc1C1CCCCN1N1CCOCC1. The van der Waals surface area contributed by atoms with Crippen LogP contribution in [0.15, 0.2) is 18.2 Å². The number of nitrogens with zero attached hydrogens (tertiary/aromatic N) is 2. The van der Waals surface area contributed by atoms with Crippen LogP contribution < -0.4 is 0 Å². The molecule has 0 aliphatic carbocycles. The summed E-state index contributed by atoms with van der Waals surface area (Å²) in [7, 11) is 0. The van der Waals surface area contributed by atoms with Crippen LogP contribution in [0.1, 0.15) is 36.4 Å². The zero-order valence-electron chi connectivity index (χ0n) is 12.1. The monoisotopic (exact) mass is 278 g/mol. The lowest BCUT2D eigenvalue weighted by Gasteiger charge is -2.45. The third-order valence-electron chi connectivity index (χ3n) is 4.42. The molecule has 0 amide bonds. The maximum atomic E-state index is 13.3. The van der Waals surface area contributed by atoms with Crippen molar-refractivity contribution in [2.24, 2.45) is 0 Å². The fraction of sp³-hybridized carbons (Fsp3) is 0.625. The first-order chi connectivity index (χ1) is 9.75. The minimum atomic E-state index is -0.139. The number of piperidine rings is 1. The van der Waals surface area contributed by atoms with Gasteiger partial charge in [0.05, 0.1) is 13.2 Å². The summed E-state index contributed by atoms with van der Waals surface area (Å²) in [5.41, 5.74) is 2.34. The number of hydrazine groups is 1.